The van der Waals surface area contributed by atoms with Gasteiger partial charge in [0.2, 0.25) is 0 Å². The first-order valence-corrected chi connectivity index (χ1v) is 6.86. The Morgan fingerprint density at radius 2 is 2.05 bits per heavy atom. The third-order valence-electron chi connectivity index (χ3n) is 2.75. The molecule has 1 amide bonds. The minimum Gasteiger partial charge on any atom is -0.353 e. The van der Waals surface area contributed by atoms with E-state index in [1.165, 1.54) is 0 Å². The molecule has 2 rings (SSSR count). The molecule has 108 valence electrons. The van der Waals surface area contributed by atoms with Crippen molar-refractivity contribution < 1.29 is 18.0 Å². The number of rotatable bonds is 2. The van der Waals surface area contributed by atoms with E-state index < -0.39 is 23.8 Å². The number of hydrogen-bond donors (Lipinski definition) is 0. The maximum absolute atomic E-state index is 12.4. The second-order valence-electron chi connectivity index (χ2n) is 4.51. The van der Waals surface area contributed by atoms with Crippen LogP contribution in [0.25, 0.3) is 0 Å². The van der Waals surface area contributed by atoms with Crippen LogP contribution in [0.2, 0.25) is 0 Å². The summed E-state index contributed by atoms with van der Waals surface area (Å²) >= 11 is 1.00. The van der Waals surface area contributed by atoms with Gasteiger partial charge in [0.25, 0.3) is 5.91 Å². The monoisotopic (exact) mass is 302 g/mol. The normalized spacial score (nSPS) is 21.5. The first-order chi connectivity index (χ1) is 9.35. The van der Waals surface area contributed by atoms with E-state index in [4.69, 9.17) is 0 Å². The number of amides is 1. The van der Waals surface area contributed by atoms with Crippen molar-refractivity contribution in [3.8, 4) is 0 Å². The van der Waals surface area contributed by atoms with Crippen molar-refractivity contribution in [2.24, 2.45) is 4.99 Å². The second-order valence-corrected chi connectivity index (χ2v) is 5.77. The molecule has 1 unspecified atom stereocenters. The van der Waals surface area contributed by atoms with Crippen LogP contribution in [0.15, 0.2) is 35.3 Å². The van der Waals surface area contributed by atoms with Gasteiger partial charge in [-0.25, -0.2) is 0 Å². The van der Waals surface area contributed by atoms with Crippen molar-refractivity contribution in [1.82, 2.24) is 4.90 Å². The molecule has 0 N–H and O–H groups in total. The highest BCUT2D eigenvalue weighted by Gasteiger charge is 2.37. The smallest absolute Gasteiger partial charge is 0.353 e. The Labute approximate surface area is 118 Å². The zero-order valence-corrected chi connectivity index (χ0v) is 11.5. The average molecular weight is 302 g/mol. The van der Waals surface area contributed by atoms with E-state index in [0.717, 1.165) is 11.8 Å². The molecular formula is C13H13F3N2OS. The molecule has 0 spiro atoms. The third-order valence-corrected chi connectivity index (χ3v) is 4.02. The molecule has 1 heterocycles. The van der Waals surface area contributed by atoms with E-state index >= 15 is 0 Å². The lowest BCUT2D eigenvalue weighted by molar-refractivity contribution is -0.134. The van der Waals surface area contributed by atoms with Gasteiger partial charge in [0.1, 0.15) is 0 Å². The minimum absolute atomic E-state index is 0.241. The van der Waals surface area contributed by atoms with Crippen LogP contribution in [0.5, 0.6) is 0 Å². The van der Waals surface area contributed by atoms with Gasteiger partial charge in [0.15, 0.2) is 5.17 Å². The van der Waals surface area contributed by atoms with E-state index in [0.29, 0.717) is 10.7 Å². The highest BCUT2D eigenvalue weighted by atomic mass is 32.2. The van der Waals surface area contributed by atoms with Crippen LogP contribution in [0.3, 0.4) is 0 Å². The SMILES string of the molecule is CN1CC(CC(F)(F)F)SC1=NC(=O)c1ccccc1. The van der Waals surface area contributed by atoms with Gasteiger partial charge in [-0.15, -0.1) is 0 Å². The second kappa shape index (κ2) is 5.87. The van der Waals surface area contributed by atoms with Crippen LogP contribution in [-0.4, -0.2) is 41.0 Å². The van der Waals surface area contributed by atoms with Crippen LogP contribution in [-0.2, 0) is 0 Å². The largest absolute Gasteiger partial charge is 0.390 e. The molecule has 1 aliphatic heterocycles. The first-order valence-electron chi connectivity index (χ1n) is 5.98. The van der Waals surface area contributed by atoms with Crippen molar-refractivity contribution in [3.05, 3.63) is 35.9 Å². The number of aliphatic imine (C=N–C) groups is 1. The number of halogens is 3. The molecule has 0 saturated carbocycles. The standard InChI is InChI=1S/C13H13F3N2OS/c1-18-8-10(7-13(14,15)16)20-12(18)17-11(19)9-5-3-2-4-6-9/h2-6,10H,7-8H2,1H3. The van der Waals surface area contributed by atoms with Gasteiger partial charge in [-0.2, -0.15) is 18.2 Å². The molecular weight excluding hydrogens is 289 g/mol. The molecule has 0 aliphatic carbocycles. The number of thioether (sulfide) groups is 1. The average Bonchev–Trinajstić information content (AvgIpc) is 2.68. The summed E-state index contributed by atoms with van der Waals surface area (Å²) in [5.74, 6) is -0.437. The maximum atomic E-state index is 12.4. The van der Waals surface area contributed by atoms with Gasteiger partial charge in [-0.3, -0.25) is 4.79 Å². The van der Waals surface area contributed by atoms with E-state index in [9.17, 15) is 18.0 Å². The Morgan fingerprint density at radius 1 is 1.40 bits per heavy atom. The number of hydrogen-bond acceptors (Lipinski definition) is 2. The Hall–Kier alpha value is -1.50. The molecule has 1 aromatic rings. The lowest BCUT2D eigenvalue weighted by Crippen LogP contribution is -2.24. The summed E-state index contributed by atoms with van der Waals surface area (Å²) in [5, 5.41) is -0.268. The molecule has 1 saturated heterocycles. The predicted octanol–water partition coefficient (Wildman–Crippen LogP) is 3.18. The molecule has 0 bridgehead atoms. The highest BCUT2D eigenvalue weighted by Crippen LogP contribution is 2.33. The van der Waals surface area contributed by atoms with Gasteiger partial charge in [-0.05, 0) is 12.1 Å². The van der Waals surface area contributed by atoms with E-state index in [1.54, 1.807) is 42.3 Å². The molecule has 1 fully saturated rings. The van der Waals surface area contributed by atoms with Crippen molar-refractivity contribution in [1.29, 1.82) is 0 Å². The van der Waals surface area contributed by atoms with E-state index in [-0.39, 0.29) is 6.54 Å². The summed E-state index contributed by atoms with van der Waals surface area (Å²) in [6, 6.07) is 8.45. The van der Waals surface area contributed by atoms with E-state index in [2.05, 4.69) is 4.99 Å². The molecule has 1 atom stereocenters. The van der Waals surface area contributed by atoms with Gasteiger partial charge in [-0.1, -0.05) is 30.0 Å². The summed E-state index contributed by atoms with van der Waals surface area (Å²) < 4.78 is 37.1. The van der Waals surface area contributed by atoms with Crippen molar-refractivity contribution in [2.75, 3.05) is 13.6 Å². The number of alkyl halides is 3. The quantitative estimate of drug-likeness (QED) is 0.841. The molecule has 0 radical (unpaired) electrons. The van der Waals surface area contributed by atoms with Crippen molar-refractivity contribution in [2.45, 2.75) is 17.8 Å². The minimum atomic E-state index is -4.20. The fourth-order valence-electron chi connectivity index (χ4n) is 1.87. The fraction of sp³-hybridized carbons (Fsp3) is 0.385. The van der Waals surface area contributed by atoms with Crippen LogP contribution >= 0.6 is 11.8 Å². The van der Waals surface area contributed by atoms with Crippen LogP contribution in [0.1, 0.15) is 16.8 Å². The van der Waals surface area contributed by atoms with Crippen molar-refractivity contribution >= 4 is 22.8 Å². The Balaban J connectivity index is 2.06. The highest BCUT2D eigenvalue weighted by molar-refractivity contribution is 8.14. The summed E-state index contributed by atoms with van der Waals surface area (Å²) in [5.41, 5.74) is 0.424. The number of carbonyl (C=O) groups excluding carboxylic acids is 1. The lowest BCUT2D eigenvalue weighted by atomic mass is 10.2. The summed E-state index contributed by atoms with van der Waals surface area (Å²) in [4.78, 5) is 17.4. The summed E-state index contributed by atoms with van der Waals surface area (Å²) in [7, 11) is 1.64. The maximum Gasteiger partial charge on any atom is 0.390 e. The Morgan fingerprint density at radius 3 is 2.65 bits per heavy atom. The van der Waals surface area contributed by atoms with Gasteiger partial charge in [0, 0.05) is 24.4 Å². The third kappa shape index (κ3) is 4.00. The van der Waals surface area contributed by atoms with Gasteiger partial charge >= 0.3 is 6.18 Å². The van der Waals surface area contributed by atoms with Crippen LogP contribution in [0.4, 0.5) is 13.2 Å². The van der Waals surface area contributed by atoms with E-state index in [1.807, 2.05) is 0 Å². The van der Waals surface area contributed by atoms with Gasteiger partial charge < -0.3 is 4.90 Å². The zero-order chi connectivity index (χ0) is 14.8. The molecule has 20 heavy (non-hydrogen) atoms. The Kier molecular flexibility index (Phi) is 4.37. The first kappa shape index (κ1) is 14.9. The number of nitrogens with zero attached hydrogens (tertiary/aromatic N) is 2. The topological polar surface area (TPSA) is 32.7 Å². The fourth-order valence-corrected chi connectivity index (χ4v) is 3.13. The lowest BCUT2D eigenvalue weighted by Gasteiger charge is -2.11. The molecule has 7 heteroatoms. The number of carbonyl (C=O) groups is 1. The molecule has 0 aromatic heterocycles. The van der Waals surface area contributed by atoms with Crippen molar-refractivity contribution in [3.63, 3.8) is 0 Å². The molecule has 1 aliphatic rings. The number of amidine groups is 1. The predicted molar refractivity (Wildman–Crippen MR) is 72.9 cm³/mol. The van der Waals surface area contributed by atoms with Crippen LogP contribution in [0, 0.1) is 0 Å². The molecule has 1 aromatic carbocycles. The molecule has 3 nitrogen and oxygen atoms in total. The van der Waals surface area contributed by atoms with Gasteiger partial charge in [0.05, 0.1) is 6.42 Å². The summed E-state index contributed by atoms with van der Waals surface area (Å²) in [6.07, 6.45) is -5.07. The van der Waals surface area contributed by atoms with Crippen LogP contribution < -0.4 is 0 Å². The summed E-state index contributed by atoms with van der Waals surface area (Å²) in [6.45, 7) is 0.241. The Bertz CT molecular complexity index is 516. The zero-order valence-electron chi connectivity index (χ0n) is 10.7. The number of benzene rings is 1.